The number of fused-ring (bicyclic) bond motifs is 1. The lowest BCUT2D eigenvalue weighted by Crippen LogP contribution is -2.08. The maximum absolute atomic E-state index is 6.04. The first-order chi connectivity index (χ1) is 14.1. The zero-order valence-corrected chi connectivity index (χ0v) is 17.4. The number of para-hydroxylation sites is 2. The van der Waals surface area contributed by atoms with Crippen LogP contribution in [0.5, 0.6) is 5.75 Å². The molecule has 0 bridgehead atoms. The molecule has 1 aromatic heterocycles. The van der Waals surface area contributed by atoms with Crippen LogP contribution in [0.25, 0.3) is 11.0 Å². The molecular formula is C26H28N2O. The van der Waals surface area contributed by atoms with E-state index in [-0.39, 0.29) is 0 Å². The summed E-state index contributed by atoms with van der Waals surface area (Å²) >= 11 is 0. The highest BCUT2D eigenvalue weighted by molar-refractivity contribution is 5.76. The average molecular weight is 385 g/mol. The lowest BCUT2D eigenvalue weighted by Gasteiger charge is -2.13. The Hall–Kier alpha value is -3.07. The van der Waals surface area contributed by atoms with Crippen LogP contribution < -0.4 is 4.74 Å². The van der Waals surface area contributed by atoms with Crippen molar-refractivity contribution in [3.05, 3.63) is 95.3 Å². The standard InChI is InChI=1S/C26H28N2O/c1-4-20(3)22-13-11-21(12-14-22)17-28-25-8-6-5-7-24(25)27-26(28)18-29-23-15-9-19(2)10-16-23/h5-16,20H,4,17-18H2,1-3H3. The molecule has 0 N–H and O–H groups in total. The Balaban J connectivity index is 1.60. The van der Waals surface area contributed by atoms with E-state index in [2.05, 4.69) is 79.9 Å². The molecule has 3 aromatic carbocycles. The molecule has 0 saturated carbocycles. The fourth-order valence-electron chi connectivity index (χ4n) is 3.56. The second-order valence-electron chi connectivity index (χ2n) is 7.76. The summed E-state index contributed by atoms with van der Waals surface area (Å²) in [6.07, 6.45) is 1.16. The number of imidazole rings is 1. The molecule has 1 heterocycles. The van der Waals surface area contributed by atoms with E-state index in [0.29, 0.717) is 12.5 Å². The van der Waals surface area contributed by atoms with Crippen molar-refractivity contribution >= 4 is 11.0 Å². The summed E-state index contributed by atoms with van der Waals surface area (Å²) in [5.74, 6) is 2.40. The highest BCUT2D eigenvalue weighted by atomic mass is 16.5. The smallest absolute Gasteiger partial charge is 0.148 e. The highest BCUT2D eigenvalue weighted by Crippen LogP contribution is 2.22. The lowest BCUT2D eigenvalue weighted by molar-refractivity contribution is 0.291. The third-order valence-corrected chi connectivity index (χ3v) is 5.62. The molecule has 29 heavy (non-hydrogen) atoms. The summed E-state index contributed by atoms with van der Waals surface area (Å²) in [5, 5.41) is 0. The van der Waals surface area contributed by atoms with E-state index in [1.807, 2.05) is 18.2 Å². The van der Waals surface area contributed by atoms with Gasteiger partial charge in [0.1, 0.15) is 18.2 Å². The maximum atomic E-state index is 6.04. The lowest BCUT2D eigenvalue weighted by atomic mass is 9.98. The van der Waals surface area contributed by atoms with Gasteiger partial charge in [0.25, 0.3) is 0 Å². The van der Waals surface area contributed by atoms with Crippen LogP contribution in [-0.4, -0.2) is 9.55 Å². The Bertz CT molecular complexity index is 1080. The van der Waals surface area contributed by atoms with Crippen LogP contribution in [-0.2, 0) is 13.2 Å². The van der Waals surface area contributed by atoms with Crippen LogP contribution in [0.15, 0.2) is 72.8 Å². The van der Waals surface area contributed by atoms with Crippen molar-refractivity contribution in [2.75, 3.05) is 0 Å². The van der Waals surface area contributed by atoms with Gasteiger partial charge in [-0.05, 0) is 54.7 Å². The topological polar surface area (TPSA) is 27.1 Å². The monoisotopic (exact) mass is 384 g/mol. The molecule has 4 aromatic rings. The number of benzene rings is 3. The van der Waals surface area contributed by atoms with E-state index < -0.39 is 0 Å². The Morgan fingerprint density at radius 1 is 0.931 bits per heavy atom. The van der Waals surface area contributed by atoms with E-state index in [4.69, 9.17) is 9.72 Å². The van der Waals surface area contributed by atoms with E-state index in [1.165, 1.54) is 16.7 Å². The number of aromatic nitrogens is 2. The predicted octanol–water partition coefficient (Wildman–Crippen LogP) is 6.49. The summed E-state index contributed by atoms with van der Waals surface area (Å²) in [4.78, 5) is 4.84. The third kappa shape index (κ3) is 4.34. The van der Waals surface area contributed by atoms with Crippen LogP contribution in [0.1, 0.15) is 48.7 Å². The van der Waals surface area contributed by atoms with Gasteiger partial charge in [-0.25, -0.2) is 4.98 Å². The molecule has 0 saturated heterocycles. The first kappa shape index (κ1) is 19.3. The van der Waals surface area contributed by atoms with E-state index >= 15 is 0 Å². The fraction of sp³-hybridized carbons (Fsp3) is 0.269. The molecule has 0 aliphatic carbocycles. The molecule has 4 rings (SSSR count). The van der Waals surface area contributed by atoms with Crippen LogP contribution in [0, 0.1) is 6.92 Å². The number of aryl methyl sites for hydroxylation is 1. The van der Waals surface area contributed by atoms with Gasteiger partial charge >= 0.3 is 0 Å². The summed E-state index contributed by atoms with van der Waals surface area (Å²) in [6, 6.07) is 25.4. The minimum atomic E-state index is 0.447. The van der Waals surface area contributed by atoms with Gasteiger partial charge in [-0.2, -0.15) is 0 Å². The number of hydrogen-bond acceptors (Lipinski definition) is 2. The first-order valence-corrected chi connectivity index (χ1v) is 10.4. The molecule has 1 atom stereocenters. The Labute approximate surface area is 173 Å². The zero-order chi connectivity index (χ0) is 20.2. The van der Waals surface area contributed by atoms with Gasteiger partial charge in [0.2, 0.25) is 0 Å². The minimum absolute atomic E-state index is 0.447. The molecule has 3 heteroatoms. The number of ether oxygens (including phenoxy) is 1. The summed E-state index contributed by atoms with van der Waals surface area (Å²) < 4.78 is 8.30. The van der Waals surface area contributed by atoms with Crippen molar-refractivity contribution in [3.63, 3.8) is 0 Å². The van der Waals surface area contributed by atoms with E-state index in [9.17, 15) is 0 Å². The van der Waals surface area contributed by atoms with Crippen LogP contribution >= 0.6 is 0 Å². The second kappa shape index (κ2) is 8.52. The van der Waals surface area contributed by atoms with Gasteiger partial charge in [-0.3, -0.25) is 0 Å². The zero-order valence-electron chi connectivity index (χ0n) is 17.4. The molecule has 0 radical (unpaired) electrons. The van der Waals surface area contributed by atoms with Gasteiger partial charge in [0.05, 0.1) is 11.0 Å². The quantitative estimate of drug-likeness (QED) is 0.364. The molecule has 0 aliphatic heterocycles. The van der Waals surface area contributed by atoms with Crippen LogP contribution in [0.3, 0.4) is 0 Å². The van der Waals surface area contributed by atoms with Gasteiger partial charge < -0.3 is 9.30 Å². The molecule has 0 aliphatic rings. The third-order valence-electron chi connectivity index (χ3n) is 5.62. The average Bonchev–Trinajstić information content (AvgIpc) is 3.11. The second-order valence-corrected chi connectivity index (χ2v) is 7.76. The summed E-state index contributed by atoms with van der Waals surface area (Å²) in [7, 11) is 0. The van der Waals surface area contributed by atoms with Gasteiger partial charge in [0, 0.05) is 6.54 Å². The SMILES string of the molecule is CCC(C)c1ccc(Cn2c(COc3ccc(C)cc3)nc3ccccc32)cc1. The molecule has 148 valence electrons. The highest BCUT2D eigenvalue weighted by Gasteiger charge is 2.12. The van der Waals surface area contributed by atoms with Crippen LogP contribution in [0.4, 0.5) is 0 Å². The Kier molecular flexibility index (Phi) is 5.66. The Morgan fingerprint density at radius 2 is 1.66 bits per heavy atom. The molecular weight excluding hydrogens is 356 g/mol. The molecule has 3 nitrogen and oxygen atoms in total. The summed E-state index contributed by atoms with van der Waals surface area (Å²) in [6.45, 7) is 7.82. The van der Waals surface area contributed by atoms with Crippen molar-refractivity contribution in [1.29, 1.82) is 0 Å². The minimum Gasteiger partial charge on any atom is -0.486 e. The van der Waals surface area contributed by atoms with Gasteiger partial charge in [-0.1, -0.05) is 67.9 Å². The normalized spacial score (nSPS) is 12.2. The number of hydrogen-bond donors (Lipinski definition) is 0. The van der Waals surface area contributed by atoms with Gasteiger partial charge in [-0.15, -0.1) is 0 Å². The van der Waals surface area contributed by atoms with Crippen molar-refractivity contribution in [1.82, 2.24) is 9.55 Å². The maximum Gasteiger partial charge on any atom is 0.148 e. The first-order valence-electron chi connectivity index (χ1n) is 10.4. The van der Waals surface area contributed by atoms with Crippen molar-refractivity contribution in [2.45, 2.75) is 46.3 Å². The van der Waals surface area contributed by atoms with Crippen LogP contribution in [0.2, 0.25) is 0 Å². The molecule has 0 fully saturated rings. The number of rotatable bonds is 7. The predicted molar refractivity (Wildman–Crippen MR) is 119 cm³/mol. The summed E-state index contributed by atoms with van der Waals surface area (Å²) in [5.41, 5.74) is 6.05. The van der Waals surface area contributed by atoms with Crippen molar-refractivity contribution in [2.24, 2.45) is 0 Å². The van der Waals surface area contributed by atoms with Crippen molar-refractivity contribution in [3.8, 4) is 5.75 Å². The molecule has 0 amide bonds. The van der Waals surface area contributed by atoms with E-state index in [1.54, 1.807) is 0 Å². The Morgan fingerprint density at radius 3 is 2.38 bits per heavy atom. The van der Waals surface area contributed by atoms with Crippen molar-refractivity contribution < 1.29 is 4.74 Å². The van der Waals surface area contributed by atoms with Gasteiger partial charge in [0.15, 0.2) is 0 Å². The molecule has 1 unspecified atom stereocenters. The number of nitrogens with zero attached hydrogens (tertiary/aromatic N) is 2. The molecule has 0 spiro atoms. The fourth-order valence-corrected chi connectivity index (χ4v) is 3.56. The van der Waals surface area contributed by atoms with E-state index in [0.717, 1.165) is 35.6 Å². The largest absolute Gasteiger partial charge is 0.486 e.